The van der Waals surface area contributed by atoms with Crippen molar-refractivity contribution in [1.82, 2.24) is 0 Å². The molecule has 0 unspecified atom stereocenters. The van der Waals surface area contributed by atoms with Crippen LogP contribution in [0.2, 0.25) is 5.02 Å². The van der Waals surface area contributed by atoms with Crippen LogP contribution in [-0.2, 0) is 9.59 Å². The Morgan fingerprint density at radius 1 is 1.00 bits per heavy atom. The molecular formula is C22H20ClNO4. The summed E-state index contributed by atoms with van der Waals surface area (Å²) in [6, 6.07) is 13.0. The van der Waals surface area contributed by atoms with E-state index < -0.39 is 5.97 Å². The van der Waals surface area contributed by atoms with Crippen molar-refractivity contribution in [3.05, 3.63) is 59.1 Å². The van der Waals surface area contributed by atoms with Crippen LogP contribution in [0.15, 0.2) is 48.5 Å². The van der Waals surface area contributed by atoms with Gasteiger partial charge in [-0.05, 0) is 61.6 Å². The van der Waals surface area contributed by atoms with Crippen molar-refractivity contribution in [3.63, 3.8) is 0 Å². The largest absolute Gasteiger partial charge is 0.421 e. The number of anilines is 1. The van der Waals surface area contributed by atoms with Gasteiger partial charge in [-0.3, -0.25) is 9.59 Å². The lowest BCUT2D eigenvalue weighted by molar-refractivity contribution is -0.122. The summed E-state index contributed by atoms with van der Waals surface area (Å²) in [5, 5.41) is 0.516. The van der Waals surface area contributed by atoms with Gasteiger partial charge in [0.25, 0.3) is 0 Å². The summed E-state index contributed by atoms with van der Waals surface area (Å²) < 4.78 is 5.53. The normalized spacial score (nSPS) is 24.2. The molecule has 1 heterocycles. The number of imide groups is 1. The monoisotopic (exact) mass is 397 g/mol. The van der Waals surface area contributed by atoms with E-state index in [1.807, 2.05) is 0 Å². The molecule has 5 nitrogen and oxygen atoms in total. The lowest BCUT2D eigenvalue weighted by Crippen LogP contribution is -2.31. The van der Waals surface area contributed by atoms with E-state index in [0.717, 1.165) is 19.3 Å². The second-order valence-electron chi connectivity index (χ2n) is 7.51. The van der Waals surface area contributed by atoms with Gasteiger partial charge in [-0.15, -0.1) is 0 Å². The molecule has 0 spiro atoms. The first-order valence-corrected chi connectivity index (χ1v) is 9.78. The third kappa shape index (κ3) is 3.31. The van der Waals surface area contributed by atoms with Crippen molar-refractivity contribution < 1.29 is 19.1 Å². The van der Waals surface area contributed by atoms with Gasteiger partial charge in [0.2, 0.25) is 11.8 Å². The highest BCUT2D eigenvalue weighted by molar-refractivity contribution is 6.30. The number of ether oxygens (including phenoxy) is 1. The van der Waals surface area contributed by atoms with Crippen LogP contribution < -0.4 is 9.64 Å². The predicted molar refractivity (Wildman–Crippen MR) is 105 cm³/mol. The number of nitrogens with zero attached hydrogens (tertiary/aromatic N) is 1. The van der Waals surface area contributed by atoms with Crippen molar-refractivity contribution in [3.8, 4) is 5.75 Å². The highest BCUT2D eigenvalue weighted by atomic mass is 35.5. The van der Waals surface area contributed by atoms with E-state index in [4.69, 9.17) is 16.3 Å². The van der Waals surface area contributed by atoms with Gasteiger partial charge in [0.1, 0.15) is 0 Å². The van der Waals surface area contributed by atoms with Gasteiger partial charge in [-0.1, -0.05) is 30.7 Å². The molecule has 144 valence electrons. The molecule has 6 heteroatoms. The van der Waals surface area contributed by atoms with Gasteiger partial charge < -0.3 is 4.74 Å². The summed E-state index contributed by atoms with van der Waals surface area (Å²) in [6.45, 7) is 2.11. The molecule has 0 radical (unpaired) electrons. The van der Waals surface area contributed by atoms with Crippen LogP contribution >= 0.6 is 11.6 Å². The van der Waals surface area contributed by atoms with Crippen LogP contribution in [0.3, 0.4) is 0 Å². The smallest absolute Gasteiger partial charge is 0.343 e. The number of fused-ring (bicyclic) bond motifs is 1. The lowest BCUT2D eigenvalue weighted by Gasteiger charge is -2.25. The summed E-state index contributed by atoms with van der Waals surface area (Å²) in [4.78, 5) is 39.6. The fourth-order valence-corrected chi connectivity index (χ4v) is 4.23. The summed E-state index contributed by atoms with van der Waals surface area (Å²) in [6.07, 6.45) is 2.39. The lowest BCUT2D eigenvalue weighted by atomic mass is 9.76. The second-order valence-corrected chi connectivity index (χ2v) is 7.94. The minimum absolute atomic E-state index is 0.191. The zero-order valence-corrected chi connectivity index (χ0v) is 16.2. The number of hydrogen-bond acceptors (Lipinski definition) is 4. The van der Waals surface area contributed by atoms with Crippen molar-refractivity contribution in [1.29, 1.82) is 0 Å². The number of halogens is 1. The quantitative estimate of drug-likeness (QED) is 0.435. The van der Waals surface area contributed by atoms with Gasteiger partial charge >= 0.3 is 5.97 Å². The summed E-state index contributed by atoms with van der Waals surface area (Å²) in [7, 11) is 0. The maximum absolute atomic E-state index is 13.0. The van der Waals surface area contributed by atoms with Gasteiger partial charge in [-0.25, -0.2) is 9.69 Å². The fourth-order valence-electron chi connectivity index (χ4n) is 4.10. The number of carbonyl (C=O) groups is 3. The maximum atomic E-state index is 13.0. The molecule has 2 aromatic rings. The highest BCUT2D eigenvalue weighted by Gasteiger charge is 2.50. The van der Waals surface area contributed by atoms with Crippen LogP contribution in [0, 0.1) is 17.8 Å². The van der Waals surface area contributed by atoms with Crippen LogP contribution in [0.5, 0.6) is 5.75 Å². The minimum atomic E-state index is -0.575. The van der Waals surface area contributed by atoms with Crippen molar-refractivity contribution in [2.24, 2.45) is 17.8 Å². The predicted octanol–water partition coefficient (Wildman–Crippen LogP) is 4.48. The molecule has 2 fully saturated rings. The zero-order chi connectivity index (χ0) is 19.8. The number of para-hydroxylation sites is 2. The molecule has 0 bridgehead atoms. The van der Waals surface area contributed by atoms with Gasteiger partial charge in [0.15, 0.2) is 5.75 Å². The second kappa shape index (κ2) is 7.40. The van der Waals surface area contributed by atoms with Gasteiger partial charge in [0, 0.05) is 5.02 Å². The molecule has 0 aromatic heterocycles. The van der Waals surface area contributed by atoms with Gasteiger partial charge in [-0.2, -0.15) is 0 Å². The Morgan fingerprint density at radius 2 is 1.68 bits per heavy atom. The molecule has 4 rings (SSSR count). The molecule has 1 aliphatic carbocycles. The first-order chi connectivity index (χ1) is 13.5. The number of benzene rings is 2. The number of rotatable bonds is 3. The molecule has 3 atom stereocenters. The summed E-state index contributed by atoms with van der Waals surface area (Å²) >= 11 is 5.86. The van der Waals surface area contributed by atoms with E-state index in [1.54, 1.807) is 48.5 Å². The molecular weight excluding hydrogens is 378 g/mol. The third-order valence-electron chi connectivity index (χ3n) is 5.58. The Labute approximate surface area is 168 Å². The number of amides is 2. The first-order valence-electron chi connectivity index (χ1n) is 9.40. The van der Waals surface area contributed by atoms with Crippen molar-refractivity contribution in [2.45, 2.75) is 26.2 Å². The fraction of sp³-hybridized carbons (Fsp3) is 0.318. The van der Waals surface area contributed by atoms with Gasteiger partial charge in [0.05, 0.1) is 23.1 Å². The average Bonchev–Trinajstić information content (AvgIpc) is 2.93. The van der Waals surface area contributed by atoms with Crippen molar-refractivity contribution >= 4 is 35.1 Å². The average molecular weight is 398 g/mol. The summed E-state index contributed by atoms with van der Waals surface area (Å²) in [5.74, 6) is -0.908. The minimum Gasteiger partial charge on any atom is -0.421 e. The molecule has 2 aliphatic rings. The molecule has 1 saturated heterocycles. The Balaban J connectivity index is 1.63. The van der Waals surface area contributed by atoms with E-state index in [-0.39, 0.29) is 29.4 Å². The number of esters is 1. The molecule has 28 heavy (non-hydrogen) atoms. The number of hydrogen-bond donors (Lipinski definition) is 0. The Bertz CT molecular complexity index is 940. The third-order valence-corrected chi connectivity index (χ3v) is 5.83. The van der Waals surface area contributed by atoms with E-state index in [9.17, 15) is 14.4 Å². The van der Waals surface area contributed by atoms with E-state index in [2.05, 4.69) is 6.92 Å². The number of carbonyl (C=O) groups excluding carboxylic acids is 3. The van der Waals surface area contributed by atoms with E-state index in [0.29, 0.717) is 22.2 Å². The van der Waals surface area contributed by atoms with Crippen LogP contribution in [-0.4, -0.2) is 17.8 Å². The zero-order valence-electron chi connectivity index (χ0n) is 15.4. The molecule has 2 amide bonds. The van der Waals surface area contributed by atoms with Crippen LogP contribution in [0.1, 0.15) is 36.5 Å². The molecule has 0 N–H and O–H groups in total. The van der Waals surface area contributed by atoms with E-state index in [1.165, 1.54) is 4.90 Å². The maximum Gasteiger partial charge on any atom is 0.343 e. The van der Waals surface area contributed by atoms with E-state index >= 15 is 0 Å². The molecule has 1 aliphatic heterocycles. The molecule has 1 saturated carbocycles. The van der Waals surface area contributed by atoms with Crippen LogP contribution in [0.4, 0.5) is 5.69 Å². The Hall–Kier alpha value is -2.66. The first kappa shape index (κ1) is 18.7. The topological polar surface area (TPSA) is 63.7 Å². The van der Waals surface area contributed by atoms with Crippen molar-refractivity contribution in [2.75, 3.05) is 4.90 Å². The standard InChI is InChI=1S/C22H20ClNO4/c1-13-6-11-16-17(12-13)21(26)24(20(16)25)18-4-2-3-5-19(18)28-22(27)14-7-9-15(23)10-8-14/h2-5,7-10,13,16-17H,6,11-12H2,1H3/t13-,16+,17+/m0/s1. The Kier molecular flexibility index (Phi) is 4.94. The molecule has 2 aromatic carbocycles. The van der Waals surface area contributed by atoms with Crippen LogP contribution in [0.25, 0.3) is 0 Å². The Morgan fingerprint density at radius 3 is 2.43 bits per heavy atom. The highest BCUT2D eigenvalue weighted by Crippen LogP contribution is 2.44. The summed E-state index contributed by atoms with van der Waals surface area (Å²) in [5.41, 5.74) is 0.655. The SMILES string of the molecule is C[C@H]1CC[C@H]2C(=O)N(c3ccccc3OC(=O)c3ccc(Cl)cc3)C(=O)[C@@H]2C1.